The quantitative estimate of drug-likeness (QED) is 0.616. The number of benzene rings is 2. The number of aromatic nitrogens is 3. The number of H-pyrrole nitrogens is 1. The molecular weight excluding hydrogens is 293 g/mol. The van der Waals surface area contributed by atoms with E-state index in [9.17, 15) is 9.18 Å². The zero-order chi connectivity index (χ0) is 15.8. The first-order valence-corrected chi connectivity index (χ1v) is 7.15. The number of hydrogen-bond donors (Lipinski definition) is 1. The molecule has 0 saturated heterocycles. The average molecular weight is 305 g/mol. The maximum absolute atomic E-state index is 13.9. The van der Waals surface area contributed by atoms with Gasteiger partial charge in [-0.1, -0.05) is 42.5 Å². The van der Waals surface area contributed by atoms with E-state index in [-0.39, 0.29) is 11.4 Å². The molecule has 0 aliphatic rings. The number of nitrogens with one attached hydrogen (secondary N) is 1. The predicted molar refractivity (Wildman–Crippen MR) is 86.6 cm³/mol. The molecule has 5 heteroatoms. The standard InChI is InChI=1S/C18H12FN3O/c19-14-9-5-4-8-13(14)16-10-17-20-15(11-18(23)22(17)21-16)12-6-2-1-3-7-12/h1-11,21H. The number of halogens is 1. The van der Waals surface area contributed by atoms with Crippen molar-refractivity contribution in [2.24, 2.45) is 0 Å². The Morgan fingerprint density at radius 3 is 2.48 bits per heavy atom. The van der Waals surface area contributed by atoms with Crippen molar-refractivity contribution in [2.45, 2.75) is 0 Å². The maximum Gasteiger partial charge on any atom is 0.273 e. The van der Waals surface area contributed by atoms with E-state index in [1.54, 1.807) is 24.3 Å². The number of hydrogen-bond acceptors (Lipinski definition) is 2. The number of nitrogens with zero attached hydrogens (tertiary/aromatic N) is 2. The van der Waals surface area contributed by atoms with Gasteiger partial charge in [-0.15, -0.1) is 0 Å². The summed E-state index contributed by atoms with van der Waals surface area (Å²) < 4.78 is 15.2. The smallest absolute Gasteiger partial charge is 0.273 e. The summed E-state index contributed by atoms with van der Waals surface area (Å²) in [4.78, 5) is 16.8. The van der Waals surface area contributed by atoms with Crippen LogP contribution in [0.1, 0.15) is 0 Å². The van der Waals surface area contributed by atoms with E-state index in [2.05, 4.69) is 10.1 Å². The number of aromatic amines is 1. The first-order valence-electron chi connectivity index (χ1n) is 7.15. The van der Waals surface area contributed by atoms with Crippen molar-refractivity contribution in [1.29, 1.82) is 0 Å². The molecule has 0 spiro atoms. The van der Waals surface area contributed by atoms with Crippen LogP contribution in [0.5, 0.6) is 0 Å². The lowest BCUT2D eigenvalue weighted by Crippen LogP contribution is -2.14. The van der Waals surface area contributed by atoms with Crippen molar-refractivity contribution >= 4 is 5.65 Å². The second-order valence-corrected chi connectivity index (χ2v) is 5.19. The molecule has 0 amide bonds. The summed E-state index contributed by atoms with van der Waals surface area (Å²) in [5.74, 6) is -0.351. The van der Waals surface area contributed by atoms with Gasteiger partial charge in [-0.3, -0.25) is 9.89 Å². The fraction of sp³-hybridized carbons (Fsp3) is 0. The molecule has 4 rings (SSSR count). The highest BCUT2D eigenvalue weighted by molar-refractivity contribution is 5.67. The van der Waals surface area contributed by atoms with Gasteiger partial charge in [0.2, 0.25) is 0 Å². The number of rotatable bonds is 2. The lowest BCUT2D eigenvalue weighted by molar-refractivity contribution is 0.630. The van der Waals surface area contributed by atoms with Crippen LogP contribution in [-0.2, 0) is 0 Å². The largest absolute Gasteiger partial charge is 0.289 e. The molecule has 0 aliphatic heterocycles. The first-order chi connectivity index (χ1) is 11.2. The lowest BCUT2D eigenvalue weighted by Gasteiger charge is -2.00. The van der Waals surface area contributed by atoms with Crippen LogP contribution >= 0.6 is 0 Å². The van der Waals surface area contributed by atoms with E-state index < -0.39 is 0 Å². The Morgan fingerprint density at radius 1 is 0.957 bits per heavy atom. The molecule has 112 valence electrons. The summed E-state index contributed by atoms with van der Waals surface area (Å²) in [7, 11) is 0. The van der Waals surface area contributed by atoms with Crippen molar-refractivity contribution < 1.29 is 4.39 Å². The molecule has 4 aromatic rings. The minimum absolute atomic E-state index is 0.239. The van der Waals surface area contributed by atoms with Crippen molar-refractivity contribution in [3.05, 3.63) is 82.9 Å². The SMILES string of the molecule is O=c1cc(-c2ccccc2)nc2cc(-c3ccccc3F)[nH]n12. The topological polar surface area (TPSA) is 50.2 Å². The molecule has 1 N–H and O–H groups in total. The summed E-state index contributed by atoms with van der Waals surface area (Å²) in [6.45, 7) is 0. The first kappa shape index (κ1) is 13.5. The third-order valence-electron chi connectivity index (χ3n) is 3.68. The molecular formula is C18H12FN3O. The number of fused-ring (bicyclic) bond motifs is 1. The second kappa shape index (κ2) is 5.21. The van der Waals surface area contributed by atoms with E-state index >= 15 is 0 Å². The summed E-state index contributed by atoms with van der Waals surface area (Å²) in [5.41, 5.74) is 2.58. The molecule has 0 aliphatic carbocycles. The minimum Gasteiger partial charge on any atom is -0.289 e. The normalized spacial score (nSPS) is 11.0. The predicted octanol–water partition coefficient (Wildman–Crippen LogP) is 3.50. The van der Waals surface area contributed by atoms with Crippen LogP contribution in [0.15, 0.2) is 71.5 Å². The summed E-state index contributed by atoms with van der Waals surface area (Å²) in [6, 6.07) is 19.0. The van der Waals surface area contributed by atoms with Gasteiger partial charge < -0.3 is 0 Å². The van der Waals surface area contributed by atoms with Crippen molar-refractivity contribution in [1.82, 2.24) is 14.6 Å². The van der Waals surface area contributed by atoms with E-state index in [0.29, 0.717) is 22.6 Å². The minimum atomic E-state index is -0.351. The Balaban J connectivity index is 1.92. The van der Waals surface area contributed by atoms with E-state index in [1.807, 2.05) is 30.3 Å². The molecule has 2 heterocycles. The molecule has 0 bridgehead atoms. The Labute approximate surface area is 130 Å². The van der Waals surface area contributed by atoms with Gasteiger partial charge in [-0.05, 0) is 12.1 Å². The summed E-state index contributed by atoms with van der Waals surface area (Å²) >= 11 is 0. The third kappa shape index (κ3) is 2.32. The third-order valence-corrected chi connectivity index (χ3v) is 3.68. The molecule has 0 fully saturated rings. The Kier molecular flexibility index (Phi) is 3.05. The van der Waals surface area contributed by atoms with E-state index in [1.165, 1.54) is 16.6 Å². The van der Waals surface area contributed by atoms with Gasteiger partial charge in [0.1, 0.15) is 5.82 Å². The van der Waals surface area contributed by atoms with Gasteiger partial charge >= 0.3 is 0 Å². The van der Waals surface area contributed by atoms with Crippen LogP contribution in [0, 0.1) is 5.82 Å². The highest BCUT2D eigenvalue weighted by atomic mass is 19.1. The zero-order valence-corrected chi connectivity index (χ0v) is 12.0. The molecule has 2 aromatic carbocycles. The van der Waals surface area contributed by atoms with Gasteiger partial charge in [-0.25, -0.2) is 13.9 Å². The van der Waals surface area contributed by atoms with Crippen LogP contribution in [-0.4, -0.2) is 14.6 Å². The van der Waals surface area contributed by atoms with Gasteiger partial charge in [-0.2, -0.15) is 0 Å². The second-order valence-electron chi connectivity index (χ2n) is 5.19. The molecule has 2 aromatic heterocycles. The molecule has 0 atom stereocenters. The van der Waals surface area contributed by atoms with Crippen molar-refractivity contribution in [3.63, 3.8) is 0 Å². The molecule has 4 nitrogen and oxygen atoms in total. The van der Waals surface area contributed by atoms with Crippen molar-refractivity contribution in [2.75, 3.05) is 0 Å². The summed E-state index contributed by atoms with van der Waals surface area (Å²) in [6.07, 6.45) is 0. The molecule has 0 saturated carbocycles. The van der Waals surface area contributed by atoms with E-state index in [4.69, 9.17) is 0 Å². The fourth-order valence-electron chi connectivity index (χ4n) is 2.57. The highest BCUT2D eigenvalue weighted by Gasteiger charge is 2.11. The fourth-order valence-corrected chi connectivity index (χ4v) is 2.57. The van der Waals surface area contributed by atoms with Gasteiger partial charge in [0.25, 0.3) is 5.56 Å². The van der Waals surface area contributed by atoms with E-state index in [0.717, 1.165) is 5.56 Å². The van der Waals surface area contributed by atoms with Crippen LogP contribution in [0.3, 0.4) is 0 Å². The maximum atomic E-state index is 13.9. The van der Waals surface area contributed by atoms with Crippen molar-refractivity contribution in [3.8, 4) is 22.5 Å². The Bertz CT molecular complexity index is 1050. The monoisotopic (exact) mass is 305 g/mol. The van der Waals surface area contributed by atoms with Crippen LogP contribution in [0.25, 0.3) is 28.2 Å². The highest BCUT2D eigenvalue weighted by Crippen LogP contribution is 2.22. The lowest BCUT2D eigenvalue weighted by atomic mass is 10.1. The zero-order valence-electron chi connectivity index (χ0n) is 12.0. The molecule has 0 unspecified atom stereocenters. The van der Waals surface area contributed by atoms with Crippen LogP contribution in [0.4, 0.5) is 4.39 Å². The van der Waals surface area contributed by atoms with Crippen LogP contribution < -0.4 is 5.56 Å². The van der Waals surface area contributed by atoms with Gasteiger partial charge in [0, 0.05) is 23.3 Å². The molecule has 23 heavy (non-hydrogen) atoms. The summed E-state index contributed by atoms with van der Waals surface area (Å²) in [5, 5.41) is 2.90. The Morgan fingerprint density at radius 2 is 1.70 bits per heavy atom. The van der Waals surface area contributed by atoms with Gasteiger partial charge in [0.15, 0.2) is 5.65 Å². The van der Waals surface area contributed by atoms with Crippen LogP contribution in [0.2, 0.25) is 0 Å². The Hall–Kier alpha value is -3.21. The average Bonchev–Trinajstić information content (AvgIpc) is 3.00. The molecule has 0 radical (unpaired) electrons. The van der Waals surface area contributed by atoms with Gasteiger partial charge in [0.05, 0.1) is 11.4 Å².